The molecule has 110 valence electrons. The minimum Gasteiger partial charge on any atom is -0.458 e. The van der Waals surface area contributed by atoms with Crippen molar-refractivity contribution in [2.45, 2.75) is 13.5 Å². The molecule has 3 rings (SSSR count). The van der Waals surface area contributed by atoms with E-state index < -0.39 is 0 Å². The third-order valence-electron chi connectivity index (χ3n) is 3.41. The molecule has 0 unspecified atom stereocenters. The van der Waals surface area contributed by atoms with Crippen molar-refractivity contribution in [2.24, 2.45) is 0 Å². The van der Waals surface area contributed by atoms with E-state index in [0.29, 0.717) is 6.61 Å². The van der Waals surface area contributed by atoms with Gasteiger partial charge in [0.1, 0.15) is 12.9 Å². The molecule has 0 atom stereocenters. The van der Waals surface area contributed by atoms with Crippen LogP contribution in [0.4, 0.5) is 0 Å². The van der Waals surface area contributed by atoms with Gasteiger partial charge in [-0.3, -0.25) is 0 Å². The Kier molecular flexibility index (Phi) is 4.30. The molecule has 0 bridgehead atoms. The molecular formula is C17H14ClN3O. The second kappa shape index (κ2) is 6.54. The number of ether oxygens (including phenoxy) is 1. The van der Waals surface area contributed by atoms with Crippen LogP contribution in [0.2, 0.25) is 5.28 Å². The monoisotopic (exact) mass is 311 g/mol. The number of aromatic nitrogens is 3. The molecule has 0 fully saturated rings. The Morgan fingerprint density at radius 1 is 1.00 bits per heavy atom. The molecule has 0 spiro atoms. The molecule has 0 aliphatic carbocycles. The maximum Gasteiger partial charge on any atom is 0.321 e. The summed E-state index contributed by atoms with van der Waals surface area (Å²) in [4.78, 5) is 11.6. The van der Waals surface area contributed by atoms with Crippen LogP contribution >= 0.6 is 11.6 Å². The SMILES string of the molecule is Cc1c(COc2ncnc(Cl)n2)cccc1-c1ccccc1. The lowest BCUT2D eigenvalue weighted by molar-refractivity contribution is 0.279. The molecule has 4 nitrogen and oxygen atoms in total. The molecule has 0 aliphatic heterocycles. The van der Waals surface area contributed by atoms with Gasteiger partial charge in [0.15, 0.2) is 0 Å². The highest BCUT2D eigenvalue weighted by atomic mass is 35.5. The zero-order valence-electron chi connectivity index (χ0n) is 12.0. The Hall–Kier alpha value is -2.46. The van der Waals surface area contributed by atoms with Crippen molar-refractivity contribution in [3.8, 4) is 17.1 Å². The molecule has 0 N–H and O–H groups in total. The fraction of sp³-hybridized carbons (Fsp3) is 0.118. The Balaban J connectivity index is 1.83. The summed E-state index contributed by atoms with van der Waals surface area (Å²) >= 11 is 5.72. The van der Waals surface area contributed by atoms with Crippen LogP contribution < -0.4 is 4.74 Å². The summed E-state index contributed by atoms with van der Waals surface area (Å²) in [5.74, 6) is 0. The van der Waals surface area contributed by atoms with Crippen LogP contribution in [0.25, 0.3) is 11.1 Å². The number of nitrogens with zero attached hydrogens (tertiary/aromatic N) is 3. The van der Waals surface area contributed by atoms with Gasteiger partial charge in [0.05, 0.1) is 0 Å². The first-order valence-electron chi connectivity index (χ1n) is 6.85. The lowest BCUT2D eigenvalue weighted by Crippen LogP contribution is -2.02. The van der Waals surface area contributed by atoms with E-state index in [-0.39, 0.29) is 11.3 Å². The van der Waals surface area contributed by atoms with Crippen LogP contribution in [0.15, 0.2) is 54.9 Å². The van der Waals surface area contributed by atoms with Gasteiger partial charge in [-0.25, -0.2) is 4.98 Å². The summed E-state index contributed by atoms with van der Waals surface area (Å²) in [6.45, 7) is 2.47. The summed E-state index contributed by atoms with van der Waals surface area (Å²) in [7, 11) is 0. The quantitative estimate of drug-likeness (QED) is 0.728. The zero-order valence-corrected chi connectivity index (χ0v) is 12.8. The standard InChI is InChI=1S/C17H14ClN3O/c1-12-14(10-22-17-20-11-19-16(18)21-17)8-5-9-15(12)13-6-3-2-4-7-13/h2-9,11H,10H2,1H3. The minimum atomic E-state index is 0.125. The fourth-order valence-electron chi connectivity index (χ4n) is 2.24. The summed E-state index contributed by atoms with van der Waals surface area (Å²) in [5, 5.41) is 0.125. The molecule has 22 heavy (non-hydrogen) atoms. The molecule has 1 heterocycles. The predicted octanol–water partition coefficient (Wildman–Crippen LogP) is 4.08. The average molecular weight is 312 g/mol. The van der Waals surface area contributed by atoms with Gasteiger partial charge >= 0.3 is 6.01 Å². The largest absolute Gasteiger partial charge is 0.458 e. The number of benzene rings is 2. The van der Waals surface area contributed by atoms with Crippen molar-refractivity contribution >= 4 is 11.6 Å². The lowest BCUT2D eigenvalue weighted by Gasteiger charge is -2.12. The van der Waals surface area contributed by atoms with E-state index in [1.54, 1.807) is 0 Å². The molecule has 0 saturated carbocycles. The van der Waals surface area contributed by atoms with Gasteiger partial charge in [-0.2, -0.15) is 9.97 Å². The van der Waals surface area contributed by atoms with Gasteiger partial charge in [0.25, 0.3) is 0 Å². The van der Waals surface area contributed by atoms with Crippen LogP contribution in [0.5, 0.6) is 6.01 Å². The van der Waals surface area contributed by atoms with Crippen molar-refractivity contribution in [3.63, 3.8) is 0 Å². The Labute approximate surface area is 133 Å². The van der Waals surface area contributed by atoms with Gasteiger partial charge in [0, 0.05) is 0 Å². The maximum absolute atomic E-state index is 5.72. The van der Waals surface area contributed by atoms with Gasteiger partial charge in [-0.05, 0) is 40.8 Å². The summed E-state index contributed by atoms with van der Waals surface area (Å²) in [5.41, 5.74) is 4.63. The van der Waals surface area contributed by atoms with E-state index in [9.17, 15) is 0 Å². The van der Waals surface area contributed by atoms with E-state index in [1.165, 1.54) is 23.0 Å². The summed E-state index contributed by atoms with van der Waals surface area (Å²) < 4.78 is 5.60. The molecule has 3 aromatic rings. The second-order valence-corrected chi connectivity index (χ2v) is 5.12. The fourth-order valence-corrected chi connectivity index (χ4v) is 2.36. The molecule has 0 amide bonds. The third-order valence-corrected chi connectivity index (χ3v) is 3.59. The van der Waals surface area contributed by atoms with Gasteiger partial charge < -0.3 is 4.74 Å². The van der Waals surface area contributed by atoms with Crippen molar-refractivity contribution < 1.29 is 4.74 Å². The van der Waals surface area contributed by atoms with Crippen LogP contribution in [0.1, 0.15) is 11.1 Å². The maximum atomic E-state index is 5.72. The number of hydrogen-bond donors (Lipinski definition) is 0. The minimum absolute atomic E-state index is 0.125. The Morgan fingerprint density at radius 3 is 2.59 bits per heavy atom. The number of halogens is 1. The lowest BCUT2D eigenvalue weighted by atomic mass is 9.97. The van der Waals surface area contributed by atoms with Crippen LogP contribution in [-0.4, -0.2) is 15.0 Å². The van der Waals surface area contributed by atoms with Crippen LogP contribution in [0, 0.1) is 6.92 Å². The Morgan fingerprint density at radius 2 is 1.82 bits per heavy atom. The van der Waals surface area contributed by atoms with E-state index in [1.807, 2.05) is 30.3 Å². The zero-order chi connectivity index (χ0) is 15.4. The predicted molar refractivity (Wildman–Crippen MR) is 85.8 cm³/mol. The first-order chi connectivity index (χ1) is 10.7. The molecule has 5 heteroatoms. The van der Waals surface area contributed by atoms with Crippen molar-refractivity contribution in [2.75, 3.05) is 0 Å². The van der Waals surface area contributed by atoms with Crippen molar-refractivity contribution in [3.05, 3.63) is 71.3 Å². The normalized spacial score (nSPS) is 10.5. The summed E-state index contributed by atoms with van der Waals surface area (Å²) in [6.07, 6.45) is 1.33. The smallest absolute Gasteiger partial charge is 0.321 e. The molecular weight excluding hydrogens is 298 g/mol. The molecule has 1 aromatic heterocycles. The third kappa shape index (κ3) is 3.23. The Bertz CT molecular complexity index is 778. The highest BCUT2D eigenvalue weighted by Gasteiger charge is 2.07. The summed E-state index contributed by atoms with van der Waals surface area (Å²) in [6, 6.07) is 16.7. The second-order valence-electron chi connectivity index (χ2n) is 4.78. The number of hydrogen-bond acceptors (Lipinski definition) is 4. The topological polar surface area (TPSA) is 47.9 Å². The highest BCUT2D eigenvalue weighted by molar-refractivity contribution is 6.28. The van der Waals surface area contributed by atoms with E-state index in [2.05, 4.69) is 40.1 Å². The van der Waals surface area contributed by atoms with Gasteiger partial charge in [-0.15, -0.1) is 0 Å². The van der Waals surface area contributed by atoms with E-state index >= 15 is 0 Å². The molecule has 2 aromatic carbocycles. The van der Waals surface area contributed by atoms with Gasteiger partial charge in [0.2, 0.25) is 5.28 Å². The first kappa shape index (κ1) is 14.5. The average Bonchev–Trinajstić information content (AvgIpc) is 2.55. The van der Waals surface area contributed by atoms with Gasteiger partial charge in [-0.1, -0.05) is 48.5 Å². The van der Waals surface area contributed by atoms with E-state index in [4.69, 9.17) is 16.3 Å². The molecule has 0 saturated heterocycles. The van der Waals surface area contributed by atoms with Crippen LogP contribution in [-0.2, 0) is 6.61 Å². The van der Waals surface area contributed by atoms with E-state index in [0.717, 1.165) is 5.56 Å². The highest BCUT2D eigenvalue weighted by Crippen LogP contribution is 2.26. The van der Waals surface area contributed by atoms with Crippen LogP contribution in [0.3, 0.4) is 0 Å². The van der Waals surface area contributed by atoms with Crippen molar-refractivity contribution in [1.82, 2.24) is 15.0 Å². The van der Waals surface area contributed by atoms with Crippen molar-refractivity contribution in [1.29, 1.82) is 0 Å². The number of rotatable bonds is 4. The first-order valence-corrected chi connectivity index (χ1v) is 7.23. The molecule has 0 aliphatic rings. The molecule has 0 radical (unpaired) electrons.